The second kappa shape index (κ2) is 7.67. The number of methoxy groups -OCH3 is 1. The van der Waals surface area contributed by atoms with Crippen LogP contribution in [0.3, 0.4) is 0 Å². The Morgan fingerprint density at radius 3 is 2.50 bits per heavy atom. The molecule has 0 radical (unpaired) electrons. The number of rotatable bonds is 5. The maximum Gasteiger partial charge on any atom is 0.407 e. The number of nitrogens with zero attached hydrogens (tertiary/aromatic N) is 1. The lowest BCUT2D eigenvalue weighted by molar-refractivity contribution is 0.0481. The average Bonchev–Trinajstić information content (AvgIpc) is 3.03. The van der Waals surface area contributed by atoms with Gasteiger partial charge in [0.2, 0.25) is 0 Å². The number of aliphatic hydroxyl groups is 1. The van der Waals surface area contributed by atoms with Gasteiger partial charge in [-0.2, -0.15) is 0 Å². The molecule has 1 aliphatic rings. The molecule has 0 bridgehead atoms. The van der Waals surface area contributed by atoms with E-state index in [1.165, 1.54) is 36.3 Å². The van der Waals surface area contributed by atoms with Crippen LogP contribution in [-0.2, 0) is 0 Å². The fraction of sp³-hybridized carbons (Fsp3) is 0.381. The maximum atomic E-state index is 13.1. The minimum atomic E-state index is -1.01. The fourth-order valence-electron chi connectivity index (χ4n) is 3.69. The Kier molecular flexibility index (Phi) is 5.47. The molecule has 3 atom stereocenters. The molecule has 1 fully saturated rings. The van der Waals surface area contributed by atoms with Gasteiger partial charge in [-0.3, -0.25) is 0 Å². The van der Waals surface area contributed by atoms with Crippen molar-refractivity contribution >= 4 is 6.09 Å². The van der Waals surface area contributed by atoms with E-state index in [-0.39, 0.29) is 24.8 Å². The highest BCUT2D eigenvalue weighted by Crippen LogP contribution is 2.47. The van der Waals surface area contributed by atoms with Gasteiger partial charge in [0.15, 0.2) is 11.5 Å². The van der Waals surface area contributed by atoms with E-state index >= 15 is 0 Å². The summed E-state index contributed by atoms with van der Waals surface area (Å²) >= 11 is 0. The number of benzene rings is 2. The number of halogens is 1. The number of aliphatic hydroxyl groups excluding tert-OH is 1. The van der Waals surface area contributed by atoms with Crippen LogP contribution >= 0.6 is 0 Å². The van der Waals surface area contributed by atoms with E-state index in [2.05, 4.69) is 0 Å². The van der Waals surface area contributed by atoms with Crippen LogP contribution in [0.25, 0.3) is 0 Å². The van der Waals surface area contributed by atoms with E-state index in [0.29, 0.717) is 17.2 Å². The average molecular weight is 389 g/mol. The third kappa shape index (κ3) is 3.75. The van der Waals surface area contributed by atoms with Gasteiger partial charge >= 0.3 is 6.09 Å². The third-order valence-electron chi connectivity index (χ3n) is 5.59. The van der Waals surface area contributed by atoms with Gasteiger partial charge in [-0.05, 0) is 48.9 Å². The number of hydrogen-bond acceptors (Lipinski definition) is 4. The Morgan fingerprint density at radius 2 is 1.93 bits per heavy atom. The lowest BCUT2D eigenvalue weighted by atomic mass is 9.72. The SMILES string of the molecule is COc1ccc(C2CN(C(=O)O)CC2(C)C(C)O)cc1Oc1ccc(F)cc1. The topological polar surface area (TPSA) is 79.2 Å². The van der Waals surface area contributed by atoms with Crippen LogP contribution < -0.4 is 9.47 Å². The molecule has 6 nitrogen and oxygen atoms in total. The van der Waals surface area contributed by atoms with Crippen LogP contribution in [0.2, 0.25) is 0 Å². The summed E-state index contributed by atoms with van der Waals surface area (Å²) in [6.07, 6.45) is -1.71. The van der Waals surface area contributed by atoms with E-state index in [1.807, 2.05) is 13.0 Å². The molecular formula is C21H24FNO5. The molecule has 3 unspecified atom stereocenters. The first-order valence-electron chi connectivity index (χ1n) is 9.02. The molecule has 0 aromatic heterocycles. The third-order valence-corrected chi connectivity index (χ3v) is 5.59. The Hall–Kier alpha value is -2.80. The van der Waals surface area contributed by atoms with Gasteiger partial charge in [-0.1, -0.05) is 13.0 Å². The van der Waals surface area contributed by atoms with Crippen LogP contribution in [0.5, 0.6) is 17.2 Å². The number of likely N-dealkylation sites (tertiary alicyclic amines) is 1. The van der Waals surface area contributed by atoms with Crippen LogP contribution in [0, 0.1) is 11.2 Å². The number of hydrogen-bond donors (Lipinski definition) is 2. The zero-order valence-corrected chi connectivity index (χ0v) is 16.1. The largest absolute Gasteiger partial charge is 0.493 e. The monoisotopic (exact) mass is 389 g/mol. The predicted octanol–water partition coefficient (Wildman–Crippen LogP) is 4.09. The van der Waals surface area contributed by atoms with Crippen molar-refractivity contribution in [3.63, 3.8) is 0 Å². The Balaban J connectivity index is 1.97. The van der Waals surface area contributed by atoms with Crippen molar-refractivity contribution in [2.24, 2.45) is 5.41 Å². The first-order valence-corrected chi connectivity index (χ1v) is 9.02. The second-order valence-corrected chi connectivity index (χ2v) is 7.36. The number of amides is 1. The summed E-state index contributed by atoms with van der Waals surface area (Å²) in [7, 11) is 1.52. The van der Waals surface area contributed by atoms with Crippen molar-refractivity contribution in [3.8, 4) is 17.2 Å². The van der Waals surface area contributed by atoms with Gasteiger partial charge in [0.05, 0.1) is 13.2 Å². The lowest BCUT2D eigenvalue weighted by Gasteiger charge is -2.33. The molecule has 0 spiro atoms. The highest BCUT2D eigenvalue weighted by Gasteiger charge is 2.48. The molecule has 1 heterocycles. The molecule has 0 aliphatic carbocycles. The molecule has 2 N–H and O–H groups in total. The Labute approximate surface area is 163 Å². The molecule has 28 heavy (non-hydrogen) atoms. The smallest absolute Gasteiger partial charge is 0.407 e. The fourth-order valence-corrected chi connectivity index (χ4v) is 3.69. The summed E-state index contributed by atoms with van der Waals surface area (Å²) in [4.78, 5) is 12.8. The van der Waals surface area contributed by atoms with E-state index in [9.17, 15) is 19.4 Å². The summed E-state index contributed by atoms with van der Waals surface area (Å²) in [5.74, 6) is 0.813. The number of carbonyl (C=O) groups is 1. The van der Waals surface area contributed by atoms with Gasteiger partial charge in [-0.15, -0.1) is 0 Å². The van der Waals surface area contributed by atoms with Crippen molar-refractivity contribution < 1.29 is 28.9 Å². The van der Waals surface area contributed by atoms with Crippen molar-refractivity contribution in [3.05, 3.63) is 53.8 Å². The van der Waals surface area contributed by atoms with Crippen molar-refractivity contribution in [1.82, 2.24) is 4.90 Å². The van der Waals surface area contributed by atoms with Crippen molar-refractivity contribution in [1.29, 1.82) is 0 Å². The van der Waals surface area contributed by atoms with Crippen molar-refractivity contribution in [2.75, 3.05) is 20.2 Å². The zero-order chi connectivity index (χ0) is 20.5. The Bertz CT molecular complexity index is 854. The molecule has 150 valence electrons. The molecule has 1 aliphatic heterocycles. The minimum absolute atomic E-state index is 0.218. The predicted molar refractivity (Wildman–Crippen MR) is 102 cm³/mol. The summed E-state index contributed by atoms with van der Waals surface area (Å²) in [6, 6.07) is 11.0. The van der Waals surface area contributed by atoms with Crippen LogP contribution in [-0.4, -0.2) is 47.5 Å². The van der Waals surface area contributed by atoms with E-state index in [1.54, 1.807) is 19.1 Å². The summed E-state index contributed by atoms with van der Waals surface area (Å²) < 4.78 is 24.4. The normalized spacial score (nSPS) is 22.8. The van der Waals surface area contributed by atoms with E-state index < -0.39 is 17.6 Å². The molecular weight excluding hydrogens is 365 g/mol. The Morgan fingerprint density at radius 1 is 1.25 bits per heavy atom. The first-order chi connectivity index (χ1) is 13.2. The van der Waals surface area contributed by atoms with Gasteiger partial charge < -0.3 is 24.6 Å². The van der Waals surface area contributed by atoms with Gasteiger partial charge in [-0.25, -0.2) is 9.18 Å². The van der Waals surface area contributed by atoms with Crippen LogP contribution in [0.4, 0.5) is 9.18 Å². The quantitative estimate of drug-likeness (QED) is 0.805. The summed E-state index contributed by atoms with van der Waals surface area (Å²) in [5.41, 5.74) is 0.199. The molecule has 0 saturated carbocycles. The standard InChI is InChI=1S/C21H24FNO5/c1-13(24)21(2)12-23(20(25)26)11-17(21)14-4-9-18(27-3)19(10-14)28-16-7-5-15(22)6-8-16/h4-10,13,17,24H,11-12H2,1-3H3,(H,25,26). The molecule has 2 aromatic carbocycles. The van der Waals surface area contributed by atoms with Crippen LogP contribution in [0.15, 0.2) is 42.5 Å². The number of carboxylic acid groups (broad SMARTS) is 1. The van der Waals surface area contributed by atoms with E-state index in [4.69, 9.17) is 9.47 Å². The molecule has 1 amide bonds. The van der Waals surface area contributed by atoms with Crippen LogP contribution in [0.1, 0.15) is 25.3 Å². The van der Waals surface area contributed by atoms with Gasteiger partial charge in [0.1, 0.15) is 11.6 Å². The highest BCUT2D eigenvalue weighted by atomic mass is 19.1. The molecule has 7 heteroatoms. The molecule has 1 saturated heterocycles. The summed E-state index contributed by atoms with van der Waals surface area (Å²) in [6.45, 7) is 4.08. The zero-order valence-electron chi connectivity index (χ0n) is 16.1. The minimum Gasteiger partial charge on any atom is -0.493 e. The maximum absolute atomic E-state index is 13.1. The van der Waals surface area contributed by atoms with Gasteiger partial charge in [0.25, 0.3) is 0 Å². The van der Waals surface area contributed by atoms with Gasteiger partial charge in [0, 0.05) is 24.4 Å². The van der Waals surface area contributed by atoms with Crippen molar-refractivity contribution in [2.45, 2.75) is 25.9 Å². The molecule has 2 aromatic rings. The highest BCUT2D eigenvalue weighted by molar-refractivity contribution is 5.66. The molecule has 3 rings (SSSR count). The first kappa shape index (κ1) is 19.9. The van der Waals surface area contributed by atoms with E-state index in [0.717, 1.165) is 5.56 Å². The second-order valence-electron chi connectivity index (χ2n) is 7.36. The number of ether oxygens (including phenoxy) is 2. The lowest BCUT2D eigenvalue weighted by Crippen LogP contribution is -2.37. The summed E-state index contributed by atoms with van der Waals surface area (Å²) in [5, 5.41) is 19.8.